The van der Waals surface area contributed by atoms with E-state index in [2.05, 4.69) is 15.4 Å². The van der Waals surface area contributed by atoms with Gasteiger partial charge in [0.05, 0.1) is 6.33 Å². The van der Waals surface area contributed by atoms with Gasteiger partial charge < -0.3 is 14.8 Å². The summed E-state index contributed by atoms with van der Waals surface area (Å²) in [5.74, 6) is -0.944. The quantitative estimate of drug-likeness (QED) is 0.554. The van der Waals surface area contributed by atoms with Gasteiger partial charge in [-0.3, -0.25) is 14.3 Å². The summed E-state index contributed by atoms with van der Waals surface area (Å²) in [6.45, 7) is -0.400. The molecule has 1 aliphatic rings. The number of fused-ring (bicyclic) bond motifs is 1. The van der Waals surface area contributed by atoms with Crippen molar-refractivity contribution in [1.29, 1.82) is 0 Å². The second kappa shape index (κ2) is 9.93. The maximum atomic E-state index is 13.5. The van der Waals surface area contributed by atoms with E-state index in [1.165, 1.54) is 4.90 Å². The average Bonchev–Trinajstić information content (AvgIpc) is 3.41. The molecule has 0 radical (unpaired) electrons. The van der Waals surface area contributed by atoms with Crippen LogP contribution in [-0.4, -0.2) is 44.2 Å². The summed E-state index contributed by atoms with van der Waals surface area (Å²) in [7, 11) is 3.39. The second-order valence-corrected chi connectivity index (χ2v) is 8.69. The van der Waals surface area contributed by atoms with Gasteiger partial charge in [-0.25, -0.2) is 4.98 Å². The number of halogens is 3. The topological polar surface area (TPSA) is 85.0 Å². The van der Waals surface area contributed by atoms with Gasteiger partial charge in [-0.1, -0.05) is 18.2 Å². The summed E-state index contributed by atoms with van der Waals surface area (Å²) < 4.78 is 43.4. The number of nitrogens with zero attached hydrogens (tertiary/aromatic N) is 5. The van der Waals surface area contributed by atoms with Gasteiger partial charge in [-0.05, 0) is 37.8 Å². The Morgan fingerprint density at radius 3 is 2.54 bits per heavy atom. The highest BCUT2D eigenvalue weighted by Crippen LogP contribution is 2.35. The lowest BCUT2D eigenvalue weighted by Gasteiger charge is -2.25. The third-order valence-electron chi connectivity index (χ3n) is 6.26. The molecule has 2 aromatic heterocycles. The van der Waals surface area contributed by atoms with E-state index in [0.717, 1.165) is 16.8 Å². The van der Waals surface area contributed by atoms with Crippen LogP contribution in [0.5, 0.6) is 0 Å². The van der Waals surface area contributed by atoms with Crippen molar-refractivity contribution in [2.75, 3.05) is 11.9 Å². The highest BCUT2D eigenvalue weighted by Gasteiger charge is 2.39. The molecule has 1 aromatic carbocycles. The van der Waals surface area contributed by atoms with Crippen molar-refractivity contribution >= 4 is 17.5 Å². The third-order valence-corrected chi connectivity index (χ3v) is 6.26. The minimum Gasteiger partial charge on any atom is -0.342 e. The first-order valence-corrected chi connectivity index (χ1v) is 11.4. The summed E-state index contributed by atoms with van der Waals surface area (Å²) in [6.07, 6.45) is 0.892. The Labute approximate surface area is 200 Å². The number of benzene rings is 1. The molecule has 0 aliphatic heterocycles. The minimum atomic E-state index is -4.58. The van der Waals surface area contributed by atoms with E-state index in [4.69, 9.17) is 0 Å². The van der Waals surface area contributed by atoms with Crippen LogP contribution < -0.4 is 10.2 Å². The van der Waals surface area contributed by atoms with Crippen LogP contribution in [0.1, 0.15) is 35.5 Å². The summed E-state index contributed by atoms with van der Waals surface area (Å²) >= 11 is 0. The van der Waals surface area contributed by atoms with Gasteiger partial charge in [0, 0.05) is 49.4 Å². The Balaban J connectivity index is 1.56. The number of hydrogen-bond acceptors (Lipinski definition) is 4. The van der Waals surface area contributed by atoms with Crippen LogP contribution in [0.15, 0.2) is 42.9 Å². The monoisotopic (exact) mass is 488 g/mol. The minimum absolute atomic E-state index is 0.169. The maximum absolute atomic E-state index is 13.5. The molecular weight excluding hydrogens is 461 g/mol. The molecule has 35 heavy (non-hydrogen) atoms. The fourth-order valence-corrected chi connectivity index (χ4v) is 4.41. The first kappa shape index (κ1) is 24.5. The molecule has 4 rings (SSSR count). The van der Waals surface area contributed by atoms with Crippen LogP contribution in [0.2, 0.25) is 0 Å². The van der Waals surface area contributed by atoms with E-state index in [1.54, 1.807) is 55.5 Å². The largest absolute Gasteiger partial charge is 0.435 e. The van der Waals surface area contributed by atoms with Crippen LogP contribution in [0.4, 0.5) is 18.9 Å². The van der Waals surface area contributed by atoms with Crippen LogP contribution in [0.25, 0.3) is 0 Å². The zero-order valence-electron chi connectivity index (χ0n) is 19.5. The zero-order chi connectivity index (χ0) is 25.2. The molecule has 1 atom stereocenters. The number of amides is 2. The Morgan fingerprint density at radius 2 is 1.89 bits per heavy atom. The Bertz CT molecular complexity index is 1200. The normalized spacial score (nSPS) is 14.3. The molecule has 0 spiro atoms. The summed E-state index contributed by atoms with van der Waals surface area (Å²) in [5, 5.41) is 6.47. The van der Waals surface area contributed by atoms with Crippen molar-refractivity contribution < 1.29 is 22.8 Å². The predicted molar refractivity (Wildman–Crippen MR) is 123 cm³/mol. The maximum Gasteiger partial charge on any atom is 0.435 e. The lowest BCUT2D eigenvalue weighted by molar-refractivity contribution is -0.142. The first-order valence-electron chi connectivity index (χ1n) is 11.4. The number of likely N-dealkylation sites (N-methyl/N-ethyl adjacent to an activating group) is 1. The van der Waals surface area contributed by atoms with E-state index < -0.39 is 30.4 Å². The number of carbonyl (C=O) groups is 2. The average molecular weight is 489 g/mol. The molecule has 186 valence electrons. The summed E-state index contributed by atoms with van der Waals surface area (Å²) in [5.41, 5.74) is 1.06. The Morgan fingerprint density at radius 1 is 1.17 bits per heavy atom. The van der Waals surface area contributed by atoms with E-state index in [-0.39, 0.29) is 24.3 Å². The second-order valence-electron chi connectivity index (χ2n) is 8.69. The number of aromatic nitrogens is 4. The van der Waals surface area contributed by atoms with Crippen LogP contribution in [0.3, 0.4) is 0 Å². The molecular formula is C24H27F3N6O2. The molecule has 8 nitrogen and oxygen atoms in total. The highest BCUT2D eigenvalue weighted by molar-refractivity contribution is 5.98. The van der Waals surface area contributed by atoms with Gasteiger partial charge in [-0.2, -0.15) is 18.3 Å². The van der Waals surface area contributed by atoms with Gasteiger partial charge in [0.2, 0.25) is 11.8 Å². The van der Waals surface area contributed by atoms with E-state index in [1.807, 2.05) is 6.07 Å². The number of para-hydroxylation sites is 1. The predicted octanol–water partition coefficient (Wildman–Crippen LogP) is 2.90. The molecule has 1 unspecified atom stereocenters. The molecule has 0 bridgehead atoms. The van der Waals surface area contributed by atoms with Crippen molar-refractivity contribution in [3.8, 4) is 0 Å². The number of imidazole rings is 1. The van der Waals surface area contributed by atoms with Crippen LogP contribution in [0, 0.1) is 0 Å². The van der Waals surface area contributed by atoms with E-state index in [9.17, 15) is 22.8 Å². The zero-order valence-corrected chi connectivity index (χ0v) is 19.5. The number of carbonyl (C=O) groups excluding carboxylic acids is 2. The van der Waals surface area contributed by atoms with Crippen molar-refractivity contribution in [3.63, 3.8) is 0 Å². The standard InChI is InChI=1S/C24H27F3N6O2/c1-31-15-28-13-17(31)12-19(23(35)32(2)16-8-4-3-5-9-16)29-21(34)14-33-20-11-7-6-10-18(20)22(30-33)24(25,26)27/h3-5,8-9,13,15,19H,6-7,10-12,14H2,1-2H3,(H,29,34). The van der Waals surface area contributed by atoms with E-state index in [0.29, 0.717) is 24.2 Å². The molecule has 1 N–H and O–H groups in total. The van der Waals surface area contributed by atoms with Gasteiger partial charge in [0.1, 0.15) is 12.6 Å². The number of nitrogens with one attached hydrogen (secondary N) is 1. The third kappa shape index (κ3) is 5.39. The highest BCUT2D eigenvalue weighted by atomic mass is 19.4. The lowest BCUT2D eigenvalue weighted by Crippen LogP contribution is -2.50. The number of rotatable bonds is 7. The molecule has 0 saturated carbocycles. The first-order chi connectivity index (χ1) is 16.6. The van der Waals surface area contributed by atoms with Crippen molar-refractivity contribution in [2.45, 2.75) is 50.9 Å². The molecule has 1 aliphatic carbocycles. The fraction of sp³-hybridized carbons (Fsp3) is 0.417. The smallest absolute Gasteiger partial charge is 0.342 e. The van der Waals surface area contributed by atoms with Crippen LogP contribution in [-0.2, 0) is 48.6 Å². The molecule has 0 saturated heterocycles. The number of aryl methyl sites for hydroxylation is 1. The van der Waals surface area contributed by atoms with Gasteiger partial charge >= 0.3 is 6.18 Å². The molecule has 11 heteroatoms. The van der Waals surface area contributed by atoms with Crippen LogP contribution >= 0.6 is 0 Å². The SMILES string of the molecule is CN(C(=O)C(Cc1cncn1C)NC(=O)Cn1nc(C(F)(F)F)c2c1CCCC2)c1ccccc1. The Kier molecular flexibility index (Phi) is 6.95. The summed E-state index contributed by atoms with van der Waals surface area (Å²) in [4.78, 5) is 31.9. The number of hydrogen-bond donors (Lipinski definition) is 1. The van der Waals surface area contributed by atoms with Gasteiger partial charge in [0.15, 0.2) is 5.69 Å². The number of anilines is 1. The van der Waals surface area contributed by atoms with Crippen molar-refractivity contribution in [1.82, 2.24) is 24.6 Å². The summed E-state index contributed by atoms with van der Waals surface area (Å²) in [6, 6.07) is 8.03. The van der Waals surface area contributed by atoms with E-state index >= 15 is 0 Å². The Hall–Kier alpha value is -3.63. The van der Waals surface area contributed by atoms with Crippen molar-refractivity contribution in [3.05, 3.63) is 65.5 Å². The van der Waals surface area contributed by atoms with Gasteiger partial charge in [0.25, 0.3) is 0 Å². The molecule has 0 fully saturated rings. The van der Waals surface area contributed by atoms with Crippen molar-refractivity contribution in [2.24, 2.45) is 7.05 Å². The fourth-order valence-electron chi connectivity index (χ4n) is 4.41. The molecule has 3 aromatic rings. The molecule has 2 amide bonds. The van der Waals surface area contributed by atoms with Gasteiger partial charge in [-0.15, -0.1) is 0 Å². The molecule has 2 heterocycles. The lowest BCUT2D eigenvalue weighted by atomic mass is 9.95. The number of alkyl halides is 3.